The van der Waals surface area contributed by atoms with Crippen molar-refractivity contribution in [2.45, 2.75) is 32.2 Å². The lowest BCUT2D eigenvalue weighted by atomic mass is 9.94. The molecule has 114 valence electrons. The highest BCUT2D eigenvalue weighted by molar-refractivity contribution is 5.85. The van der Waals surface area contributed by atoms with Gasteiger partial charge >= 0.3 is 5.97 Å². The number of rotatable bonds is 5. The summed E-state index contributed by atoms with van der Waals surface area (Å²) in [5.41, 5.74) is 0.887. The molecule has 0 spiro atoms. The first kappa shape index (κ1) is 15.4. The van der Waals surface area contributed by atoms with Crippen LogP contribution in [0, 0.1) is 11.8 Å². The average Bonchev–Trinajstić information content (AvgIpc) is 2.96. The number of nitrogens with one attached hydrogen (secondary N) is 1. The first-order valence-electron chi connectivity index (χ1n) is 7.20. The highest BCUT2D eigenvalue weighted by Gasteiger charge is 2.38. The molecule has 1 amide bonds. The van der Waals surface area contributed by atoms with E-state index in [9.17, 15) is 9.59 Å². The standard InChI is InChI=1S/C16H21NO4/c1-10(11-6-3-4-9-14(11)21-2)17-15(18)12-7-5-8-13(12)16(19)20/h3-4,6,9-10,12-13H,5,7-8H2,1-2H3,(H,17,18)(H,19,20). The predicted molar refractivity (Wildman–Crippen MR) is 78.0 cm³/mol. The first-order valence-corrected chi connectivity index (χ1v) is 7.20. The van der Waals surface area contributed by atoms with E-state index in [1.165, 1.54) is 0 Å². The molecular weight excluding hydrogens is 270 g/mol. The predicted octanol–water partition coefficient (Wildman–Crippen LogP) is 2.37. The topological polar surface area (TPSA) is 75.6 Å². The maximum absolute atomic E-state index is 12.3. The number of benzene rings is 1. The molecule has 0 saturated heterocycles. The zero-order chi connectivity index (χ0) is 15.4. The van der Waals surface area contributed by atoms with Crippen LogP contribution in [0.3, 0.4) is 0 Å². The Morgan fingerprint density at radius 1 is 1.29 bits per heavy atom. The lowest BCUT2D eigenvalue weighted by molar-refractivity contribution is -0.146. The zero-order valence-corrected chi connectivity index (χ0v) is 12.3. The molecule has 0 heterocycles. The Kier molecular flexibility index (Phi) is 4.83. The molecule has 2 rings (SSSR count). The van der Waals surface area contributed by atoms with Gasteiger partial charge in [0.1, 0.15) is 5.75 Å². The SMILES string of the molecule is COc1ccccc1C(C)NC(=O)C1CCCC1C(=O)O. The van der Waals surface area contributed by atoms with Crippen molar-refractivity contribution in [3.8, 4) is 5.75 Å². The molecule has 3 atom stereocenters. The van der Waals surface area contributed by atoms with Gasteiger partial charge in [0, 0.05) is 5.56 Å². The van der Waals surface area contributed by atoms with Crippen molar-refractivity contribution < 1.29 is 19.4 Å². The fraction of sp³-hybridized carbons (Fsp3) is 0.500. The molecule has 1 aliphatic carbocycles. The highest BCUT2D eigenvalue weighted by atomic mass is 16.5. The first-order chi connectivity index (χ1) is 10.0. The van der Waals surface area contributed by atoms with Crippen molar-refractivity contribution >= 4 is 11.9 Å². The number of methoxy groups -OCH3 is 1. The highest BCUT2D eigenvalue weighted by Crippen LogP contribution is 2.33. The van der Waals surface area contributed by atoms with E-state index in [0.29, 0.717) is 18.6 Å². The maximum atomic E-state index is 12.3. The molecule has 1 fully saturated rings. The number of carbonyl (C=O) groups excluding carboxylic acids is 1. The monoisotopic (exact) mass is 291 g/mol. The summed E-state index contributed by atoms with van der Waals surface area (Å²) < 4.78 is 5.29. The quantitative estimate of drug-likeness (QED) is 0.873. The number of amides is 1. The summed E-state index contributed by atoms with van der Waals surface area (Å²) in [7, 11) is 1.59. The number of para-hydroxylation sites is 1. The summed E-state index contributed by atoms with van der Waals surface area (Å²) in [6, 6.07) is 7.27. The van der Waals surface area contributed by atoms with Crippen LogP contribution in [-0.4, -0.2) is 24.1 Å². The van der Waals surface area contributed by atoms with Gasteiger partial charge in [0.25, 0.3) is 0 Å². The molecule has 1 aromatic carbocycles. The summed E-state index contributed by atoms with van der Waals surface area (Å²) >= 11 is 0. The Labute approximate surface area is 124 Å². The molecular formula is C16H21NO4. The van der Waals surface area contributed by atoms with Crippen LogP contribution in [0.5, 0.6) is 5.75 Å². The molecule has 5 heteroatoms. The third-order valence-corrected chi connectivity index (χ3v) is 4.13. The second-order valence-electron chi connectivity index (χ2n) is 5.45. The largest absolute Gasteiger partial charge is 0.496 e. The normalized spacial score (nSPS) is 22.6. The Balaban J connectivity index is 2.07. The van der Waals surface area contributed by atoms with E-state index >= 15 is 0 Å². The number of carboxylic acids is 1. The molecule has 1 aliphatic rings. The van der Waals surface area contributed by atoms with Gasteiger partial charge in [0.05, 0.1) is 25.0 Å². The van der Waals surface area contributed by atoms with E-state index in [1.54, 1.807) is 7.11 Å². The van der Waals surface area contributed by atoms with Gasteiger partial charge in [-0.2, -0.15) is 0 Å². The van der Waals surface area contributed by atoms with Crippen LogP contribution in [0.2, 0.25) is 0 Å². The van der Waals surface area contributed by atoms with Crippen LogP contribution < -0.4 is 10.1 Å². The molecule has 0 bridgehead atoms. The van der Waals surface area contributed by atoms with E-state index in [0.717, 1.165) is 12.0 Å². The van der Waals surface area contributed by atoms with E-state index in [4.69, 9.17) is 9.84 Å². The van der Waals surface area contributed by atoms with Gasteiger partial charge in [-0.25, -0.2) is 0 Å². The van der Waals surface area contributed by atoms with Crippen molar-refractivity contribution in [3.05, 3.63) is 29.8 Å². The van der Waals surface area contributed by atoms with Crippen molar-refractivity contribution in [2.75, 3.05) is 7.11 Å². The van der Waals surface area contributed by atoms with Gasteiger partial charge in [0.2, 0.25) is 5.91 Å². The van der Waals surface area contributed by atoms with Crippen LogP contribution in [0.25, 0.3) is 0 Å². The van der Waals surface area contributed by atoms with Gasteiger partial charge in [-0.15, -0.1) is 0 Å². The summed E-state index contributed by atoms with van der Waals surface area (Å²) in [4.78, 5) is 23.5. The summed E-state index contributed by atoms with van der Waals surface area (Å²) in [5.74, 6) is -1.34. The number of hydrogen-bond acceptors (Lipinski definition) is 3. The van der Waals surface area contributed by atoms with Gasteiger partial charge in [-0.05, 0) is 25.8 Å². The van der Waals surface area contributed by atoms with Crippen LogP contribution in [0.4, 0.5) is 0 Å². The van der Waals surface area contributed by atoms with E-state index in [1.807, 2.05) is 31.2 Å². The molecule has 3 unspecified atom stereocenters. The molecule has 2 N–H and O–H groups in total. The van der Waals surface area contributed by atoms with Crippen LogP contribution in [-0.2, 0) is 9.59 Å². The minimum absolute atomic E-state index is 0.182. The fourth-order valence-corrected chi connectivity index (χ4v) is 2.99. The Hall–Kier alpha value is -2.04. The molecule has 1 saturated carbocycles. The van der Waals surface area contributed by atoms with Gasteiger partial charge < -0.3 is 15.2 Å². The zero-order valence-electron chi connectivity index (χ0n) is 12.3. The molecule has 0 radical (unpaired) electrons. The summed E-state index contributed by atoms with van der Waals surface area (Å²) in [6.45, 7) is 1.88. The van der Waals surface area contributed by atoms with Crippen molar-refractivity contribution in [2.24, 2.45) is 11.8 Å². The molecule has 21 heavy (non-hydrogen) atoms. The number of aliphatic carboxylic acids is 1. The number of carbonyl (C=O) groups is 2. The lowest BCUT2D eigenvalue weighted by Gasteiger charge is -2.21. The minimum atomic E-state index is -0.877. The van der Waals surface area contributed by atoms with E-state index in [-0.39, 0.29) is 11.9 Å². The van der Waals surface area contributed by atoms with Crippen molar-refractivity contribution in [1.82, 2.24) is 5.32 Å². The van der Waals surface area contributed by atoms with E-state index in [2.05, 4.69) is 5.32 Å². The maximum Gasteiger partial charge on any atom is 0.307 e. The Morgan fingerprint density at radius 3 is 2.62 bits per heavy atom. The van der Waals surface area contributed by atoms with Gasteiger partial charge in [-0.1, -0.05) is 24.6 Å². The Bertz CT molecular complexity index is 529. The van der Waals surface area contributed by atoms with Crippen molar-refractivity contribution in [3.63, 3.8) is 0 Å². The second-order valence-corrected chi connectivity index (χ2v) is 5.45. The third kappa shape index (κ3) is 3.35. The third-order valence-electron chi connectivity index (χ3n) is 4.13. The number of hydrogen-bond donors (Lipinski definition) is 2. The summed E-state index contributed by atoms with van der Waals surface area (Å²) in [5, 5.41) is 12.1. The lowest BCUT2D eigenvalue weighted by Crippen LogP contribution is -2.36. The van der Waals surface area contributed by atoms with Crippen LogP contribution in [0.15, 0.2) is 24.3 Å². The van der Waals surface area contributed by atoms with Gasteiger partial charge in [0.15, 0.2) is 0 Å². The molecule has 5 nitrogen and oxygen atoms in total. The summed E-state index contributed by atoms with van der Waals surface area (Å²) in [6.07, 6.45) is 2.01. The van der Waals surface area contributed by atoms with E-state index < -0.39 is 17.8 Å². The van der Waals surface area contributed by atoms with Crippen LogP contribution in [0.1, 0.15) is 37.8 Å². The fourth-order valence-electron chi connectivity index (χ4n) is 2.99. The van der Waals surface area contributed by atoms with Gasteiger partial charge in [-0.3, -0.25) is 9.59 Å². The molecule has 0 aliphatic heterocycles. The average molecular weight is 291 g/mol. The van der Waals surface area contributed by atoms with Crippen molar-refractivity contribution in [1.29, 1.82) is 0 Å². The second kappa shape index (κ2) is 6.61. The number of carboxylic acid groups (broad SMARTS) is 1. The smallest absolute Gasteiger partial charge is 0.307 e. The minimum Gasteiger partial charge on any atom is -0.496 e. The molecule has 0 aromatic heterocycles. The Morgan fingerprint density at radius 2 is 1.95 bits per heavy atom. The van der Waals surface area contributed by atoms with Crippen LogP contribution >= 0.6 is 0 Å². The molecule has 1 aromatic rings. The number of ether oxygens (including phenoxy) is 1.